The van der Waals surface area contributed by atoms with Crippen LogP contribution in [0.1, 0.15) is 23.2 Å². The first-order valence-electron chi connectivity index (χ1n) is 6.40. The Morgan fingerprint density at radius 1 is 1.38 bits per heavy atom. The molecule has 1 amide bonds. The number of carbonyl (C=O) groups is 2. The summed E-state index contributed by atoms with van der Waals surface area (Å²) in [6.45, 7) is -0.638. The van der Waals surface area contributed by atoms with Crippen molar-refractivity contribution in [3.05, 3.63) is 29.8 Å². The summed E-state index contributed by atoms with van der Waals surface area (Å²) in [6, 6.07) is 5.75. The molecule has 8 heteroatoms. The minimum Gasteiger partial charge on any atom is -0.480 e. The third kappa shape index (κ3) is 3.79. The number of amides is 1. The van der Waals surface area contributed by atoms with E-state index in [9.17, 15) is 18.0 Å². The number of nitrogens with zero attached hydrogens (tertiary/aromatic N) is 1. The Kier molecular flexibility index (Phi) is 4.29. The van der Waals surface area contributed by atoms with Gasteiger partial charge in [-0.2, -0.15) is 4.31 Å². The first-order chi connectivity index (χ1) is 9.80. The number of hydrogen-bond donors (Lipinski definition) is 2. The largest absolute Gasteiger partial charge is 0.480 e. The van der Waals surface area contributed by atoms with Gasteiger partial charge in [-0.25, -0.2) is 8.42 Å². The van der Waals surface area contributed by atoms with Gasteiger partial charge in [0.05, 0.1) is 4.90 Å². The Morgan fingerprint density at radius 2 is 2.05 bits per heavy atom. The van der Waals surface area contributed by atoms with Crippen molar-refractivity contribution in [3.8, 4) is 0 Å². The highest BCUT2D eigenvalue weighted by molar-refractivity contribution is 7.89. The molecule has 0 heterocycles. The average Bonchev–Trinajstić information content (AvgIpc) is 3.22. The van der Waals surface area contributed by atoms with E-state index < -0.39 is 22.5 Å². The molecule has 1 saturated carbocycles. The van der Waals surface area contributed by atoms with Crippen LogP contribution in [0.4, 0.5) is 0 Å². The lowest BCUT2D eigenvalue weighted by Gasteiger charge is -2.15. The van der Waals surface area contributed by atoms with Gasteiger partial charge in [0.2, 0.25) is 10.0 Å². The van der Waals surface area contributed by atoms with Gasteiger partial charge in [-0.05, 0) is 31.0 Å². The highest BCUT2D eigenvalue weighted by atomic mass is 32.2. The van der Waals surface area contributed by atoms with E-state index in [0.717, 1.165) is 17.1 Å². The lowest BCUT2D eigenvalue weighted by molar-refractivity contribution is -0.137. The zero-order chi connectivity index (χ0) is 15.6. The van der Waals surface area contributed by atoms with E-state index in [4.69, 9.17) is 5.11 Å². The van der Waals surface area contributed by atoms with Crippen LogP contribution in [0.5, 0.6) is 0 Å². The summed E-state index contributed by atoms with van der Waals surface area (Å²) >= 11 is 0. The molecule has 1 aromatic rings. The third-order valence-corrected chi connectivity index (χ3v) is 4.87. The second-order valence-electron chi connectivity index (χ2n) is 4.93. The number of nitrogens with one attached hydrogen (secondary N) is 1. The monoisotopic (exact) mass is 312 g/mol. The van der Waals surface area contributed by atoms with Crippen LogP contribution in [0.15, 0.2) is 29.2 Å². The fourth-order valence-corrected chi connectivity index (χ4v) is 2.92. The Morgan fingerprint density at radius 3 is 2.62 bits per heavy atom. The SMILES string of the molecule is CN(CC(=O)O)S(=O)(=O)c1cccc(C(=O)NC2CC2)c1. The number of carboxylic acid groups (broad SMARTS) is 1. The van der Waals surface area contributed by atoms with Crippen LogP contribution in [-0.2, 0) is 14.8 Å². The van der Waals surface area contributed by atoms with Gasteiger partial charge in [-0.3, -0.25) is 9.59 Å². The van der Waals surface area contributed by atoms with E-state index in [1.165, 1.54) is 31.3 Å². The number of benzene rings is 1. The van der Waals surface area contributed by atoms with E-state index in [1.54, 1.807) is 0 Å². The van der Waals surface area contributed by atoms with Gasteiger partial charge in [0.15, 0.2) is 0 Å². The molecular formula is C13H16N2O5S. The number of rotatable bonds is 6. The van der Waals surface area contributed by atoms with E-state index in [0.29, 0.717) is 0 Å². The number of carboxylic acids is 1. The fourth-order valence-electron chi connectivity index (χ4n) is 1.75. The summed E-state index contributed by atoms with van der Waals surface area (Å²) in [7, 11) is -2.75. The van der Waals surface area contributed by atoms with Crippen LogP contribution >= 0.6 is 0 Å². The minimum absolute atomic E-state index is 0.102. The molecule has 0 aliphatic heterocycles. The Balaban J connectivity index is 2.22. The lowest BCUT2D eigenvalue weighted by atomic mass is 10.2. The molecule has 1 aromatic carbocycles. The molecule has 1 fully saturated rings. The van der Waals surface area contributed by atoms with Gasteiger partial charge in [-0.15, -0.1) is 0 Å². The average molecular weight is 312 g/mol. The third-order valence-electron chi connectivity index (χ3n) is 3.07. The molecule has 0 aromatic heterocycles. The molecule has 1 aliphatic rings. The predicted molar refractivity (Wildman–Crippen MR) is 74.4 cm³/mol. The topological polar surface area (TPSA) is 104 Å². The Hall–Kier alpha value is -1.93. The fraction of sp³-hybridized carbons (Fsp3) is 0.385. The first-order valence-corrected chi connectivity index (χ1v) is 7.84. The number of sulfonamides is 1. The molecule has 0 radical (unpaired) electrons. The van der Waals surface area contributed by atoms with Crippen molar-refractivity contribution in [2.75, 3.05) is 13.6 Å². The standard InChI is InChI=1S/C13H16N2O5S/c1-15(8-12(16)17)21(19,20)11-4-2-3-9(7-11)13(18)14-10-5-6-10/h2-4,7,10H,5-6,8H2,1H3,(H,14,18)(H,16,17). The van der Waals surface area contributed by atoms with Gasteiger partial charge in [0.1, 0.15) is 6.54 Å². The molecule has 0 atom stereocenters. The maximum absolute atomic E-state index is 12.2. The zero-order valence-corrected chi connectivity index (χ0v) is 12.3. The summed E-state index contributed by atoms with van der Waals surface area (Å²) in [4.78, 5) is 22.4. The van der Waals surface area contributed by atoms with Crippen molar-refractivity contribution in [2.45, 2.75) is 23.8 Å². The van der Waals surface area contributed by atoms with E-state index in [2.05, 4.69) is 5.32 Å². The van der Waals surface area contributed by atoms with Crippen LogP contribution in [0.25, 0.3) is 0 Å². The van der Waals surface area contributed by atoms with Crippen LogP contribution in [0.2, 0.25) is 0 Å². The van der Waals surface area contributed by atoms with E-state index in [-0.39, 0.29) is 22.4 Å². The Labute approximate surface area is 122 Å². The van der Waals surface area contributed by atoms with Gasteiger partial charge < -0.3 is 10.4 Å². The van der Waals surface area contributed by atoms with E-state index >= 15 is 0 Å². The summed E-state index contributed by atoms with van der Waals surface area (Å²) in [5.74, 6) is -1.57. The van der Waals surface area contributed by atoms with E-state index in [1.807, 2.05) is 0 Å². The second-order valence-corrected chi connectivity index (χ2v) is 6.98. The van der Waals surface area contributed by atoms with Crippen LogP contribution < -0.4 is 5.32 Å². The maximum Gasteiger partial charge on any atom is 0.318 e. The molecular weight excluding hydrogens is 296 g/mol. The molecule has 114 valence electrons. The smallest absolute Gasteiger partial charge is 0.318 e. The quantitative estimate of drug-likeness (QED) is 0.785. The number of hydrogen-bond acceptors (Lipinski definition) is 4. The first kappa shape index (κ1) is 15.5. The molecule has 2 rings (SSSR count). The summed E-state index contributed by atoms with van der Waals surface area (Å²) in [5.41, 5.74) is 0.242. The maximum atomic E-state index is 12.2. The zero-order valence-electron chi connectivity index (χ0n) is 11.4. The van der Waals surface area contributed by atoms with Crippen molar-refractivity contribution in [2.24, 2.45) is 0 Å². The molecule has 2 N–H and O–H groups in total. The van der Waals surface area contributed by atoms with Gasteiger partial charge in [0.25, 0.3) is 5.91 Å². The second kappa shape index (κ2) is 5.82. The number of carbonyl (C=O) groups excluding carboxylic acids is 1. The lowest BCUT2D eigenvalue weighted by Crippen LogP contribution is -2.32. The van der Waals surface area contributed by atoms with Crippen molar-refractivity contribution in [1.82, 2.24) is 9.62 Å². The molecule has 0 spiro atoms. The minimum atomic E-state index is -3.93. The van der Waals surface area contributed by atoms with Crippen LogP contribution in [0.3, 0.4) is 0 Å². The van der Waals surface area contributed by atoms with Crippen molar-refractivity contribution < 1.29 is 23.1 Å². The molecule has 21 heavy (non-hydrogen) atoms. The molecule has 0 bridgehead atoms. The number of likely N-dealkylation sites (N-methyl/N-ethyl adjacent to an activating group) is 1. The van der Waals surface area contributed by atoms with Crippen molar-refractivity contribution in [3.63, 3.8) is 0 Å². The van der Waals surface area contributed by atoms with Gasteiger partial charge in [-0.1, -0.05) is 6.07 Å². The molecule has 1 aliphatic carbocycles. The molecule has 7 nitrogen and oxygen atoms in total. The summed E-state index contributed by atoms with van der Waals surface area (Å²) in [6.07, 6.45) is 1.87. The highest BCUT2D eigenvalue weighted by Crippen LogP contribution is 2.20. The predicted octanol–water partition coefficient (Wildman–Crippen LogP) is 0.284. The summed E-state index contributed by atoms with van der Waals surface area (Å²) in [5, 5.41) is 11.4. The van der Waals surface area contributed by atoms with Crippen LogP contribution in [0, 0.1) is 0 Å². The van der Waals surface area contributed by atoms with Crippen LogP contribution in [-0.4, -0.2) is 49.3 Å². The Bertz CT molecular complexity index is 667. The van der Waals surface area contributed by atoms with Crippen molar-refractivity contribution >= 4 is 21.9 Å². The highest BCUT2D eigenvalue weighted by Gasteiger charge is 2.26. The molecule has 0 saturated heterocycles. The molecule has 0 unspecified atom stereocenters. The van der Waals surface area contributed by atoms with Crippen molar-refractivity contribution in [1.29, 1.82) is 0 Å². The number of aliphatic carboxylic acids is 1. The summed E-state index contributed by atoms with van der Waals surface area (Å²) < 4.78 is 25.1. The normalized spacial score (nSPS) is 15.0. The van der Waals surface area contributed by atoms with Gasteiger partial charge in [0, 0.05) is 18.7 Å². The van der Waals surface area contributed by atoms with Gasteiger partial charge >= 0.3 is 5.97 Å².